The Morgan fingerprint density at radius 1 is 0.408 bits per heavy atom. The molecule has 1 spiro atoms. The van der Waals surface area contributed by atoms with Crippen molar-refractivity contribution in [3.05, 3.63) is 175 Å². The summed E-state index contributed by atoms with van der Waals surface area (Å²) in [6.07, 6.45) is 0. The average Bonchev–Trinajstić information content (AvgIpc) is 3.37. The largest absolute Gasteiger partial charge is 0.457 e. The van der Waals surface area contributed by atoms with Gasteiger partial charge in [-0.05, 0) is 168 Å². The third-order valence-electron chi connectivity index (χ3n) is 11.9. The summed E-state index contributed by atoms with van der Waals surface area (Å²) in [5, 5.41) is 5.53. The number of rotatable bonds is 0. The molecule has 0 bridgehead atoms. The van der Waals surface area contributed by atoms with E-state index in [-0.39, 0.29) is 5.41 Å². The summed E-state index contributed by atoms with van der Waals surface area (Å²) in [4.78, 5) is 0. The van der Waals surface area contributed by atoms with Crippen molar-refractivity contribution in [1.29, 1.82) is 0 Å². The maximum Gasteiger partial charge on any atom is 0.132 e. The van der Waals surface area contributed by atoms with E-state index in [0.29, 0.717) is 0 Å². The van der Waals surface area contributed by atoms with Gasteiger partial charge in [0.2, 0.25) is 0 Å². The minimum absolute atomic E-state index is 0.363. The fourth-order valence-electron chi connectivity index (χ4n) is 8.75. The van der Waals surface area contributed by atoms with E-state index in [1.165, 1.54) is 105 Å². The first-order chi connectivity index (χ1) is 23.5. The molecule has 1 unspecified atom stereocenters. The smallest absolute Gasteiger partial charge is 0.132 e. The zero-order valence-electron chi connectivity index (χ0n) is 30.2. The van der Waals surface area contributed by atoms with Crippen LogP contribution >= 0.6 is 0 Å². The van der Waals surface area contributed by atoms with Crippen LogP contribution in [0.5, 0.6) is 11.5 Å². The molecule has 1 aliphatic carbocycles. The predicted molar refractivity (Wildman–Crippen MR) is 208 cm³/mol. The van der Waals surface area contributed by atoms with Gasteiger partial charge in [0.1, 0.15) is 11.5 Å². The van der Waals surface area contributed by atoms with Crippen molar-refractivity contribution in [1.82, 2.24) is 0 Å². The van der Waals surface area contributed by atoms with Gasteiger partial charge in [-0.3, -0.25) is 0 Å². The van der Waals surface area contributed by atoms with Gasteiger partial charge in [0.15, 0.2) is 0 Å². The highest BCUT2D eigenvalue weighted by molar-refractivity contribution is 6.10. The molecule has 9 rings (SSSR count). The van der Waals surface area contributed by atoms with E-state index in [2.05, 4.69) is 165 Å². The molecule has 0 aromatic heterocycles. The second-order valence-electron chi connectivity index (χ2n) is 14.5. The van der Waals surface area contributed by atoms with E-state index in [1.807, 2.05) is 0 Å². The van der Waals surface area contributed by atoms with Crippen LogP contribution in [-0.4, -0.2) is 0 Å². The van der Waals surface area contributed by atoms with Gasteiger partial charge in [0, 0.05) is 11.1 Å². The Labute approximate surface area is 291 Å². The highest BCUT2D eigenvalue weighted by atomic mass is 16.5. The van der Waals surface area contributed by atoms with Gasteiger partial charge in [0.05, 0.1) is 5.41 Å². The molecule has 1 heteroatoms. The van der Waals surface area contributed by atoms with Crippen LogP contribution < -0.4 is 4.74 Å². The fraction of sp³-hybridized carbons (Fsp3) is 0.208. The van der Waals surface area contributed by atoms with E-state index in [0.717, 1.165) is 11.5 Å². The fourth-order valence-corrected chi connectivity index (χ4v) is 8.75. The van der Waals surface area contributed by atoms with Crippen LogP contribution in [0.3, 0.4) is 0 Å². The number of benzene rings is 7. The quantitative estimate of drug-likeness (QED) is 0.151. The molecule has 0 saturated carbocycles. The molecule has 0 amide bonds. The SMILES string of the molecule is Cc1cc2c(c(C)cc3ccccc32)c(C)c1C.Cc1cc2c(cc1C)C1(c3ccccc3O2)c2ccccc2-c2c1cc(C)c(C)c2C. The number of aryl methyl sites for hydroxylation is 6. The molecule has 1 atom stereocenters. The summed E-state index contributed by atoms with van der Waals surface area (Å²) in [5.41, 5.74) is 19.9. The zero-order chi connectivity index (χ0) is 34.4. The van der Waals surface area contributed by atoms with Gasteiger partial charge in [-0.15, -0.1) is 0 Å². The van der Waals surface area contributed by atoms with Crippen LogP contribution in [0.2, 0.25) is 0 Å². The lowest BCUT2D eigenvalue weighted by Gasteiger charge is -2.40. The third kappa shape index (κ3) is 4.38. The molecule has 49 heavy (non-hydrogen) atoms. The maximum atomic E-state index is 6.51. The number of hydrogen-bond donors (Lipinski definition) is 0. The van der Waals surface area contributed by atoms with E-state index in [1.54, 1.807) is 0 Å². The highest BCUT2D eigenvalue weighted by Gasteiger charge is 2.51. The third-order valence-corrected chi connectivity index (χ3v) is 11.9. The van der Waals surface area contributed by atoms with Crippen molar-refractivity contribution in [3.63, 3.8) is 0 Å². The van der Waals surface area contributed by atoms with E-state index >= 15 is 0 Å². The average molecular weight is 637 g/mol. The maximum absolute atomic E-state index is 6.51. The van der Waals surface area contributed by atoms with Gasteiger partial charge in [-0.1, -0.05) is 91.0 Å². The van der Waals surface area contributed by atoms with Crippen molar-refractivity contribution >= 4 is 21.5 Å². The van der Waals surface area contributed by atoms with Crippen LogP contribution in [0, 0.1) is 62.3 Å². The summed E-state index contributed by atoms with van der Waals surface area (Å²) in [6.45, 7) is 20.0. The van der Waals surface area contributed by atoms with Crippen molar-refractivity contribution in [2.45, 2.75) is 67.7 Å². The van der Waals surface area contributed by atoms with E-state index < -0.39 is 0 Å². The van der Waals surface area contributed by atoms with E-state index in [9.17, 15) is 0 Å². The molecule has 7 aromatic rings. The first kappa shape index (κ1) is 31.1. The molecule has 242 valence electrons. The minimum Gasteiger partial charge on any atom is -0.457 e. The second-order valence-corrected chi connectivity index (χ2v) is 14.5. The first-order valence-electron chi connectivity index (χ1n) is 17.5. The molecule has 1 heterocycles. The molecule has 1 aliphatic heterocycles. The zero-order valence-corrected chi connectivity index (χ0v) is 30.2. The molecular weight excluding hydrogens is 593 g/mol. The topological polar surface area (TPSA) is 9.23 Å². The van der Waals surface area contributed by atoms with Crippen molar-refractivity contribution < 1.29 is 4.74 Å². The molecule has 0 radical (unpaired) electrons. The number of para-hydroxylation sites is 1. The molecule has 7 aromatic carbocycles. The minimum atomic E-state index is -0.363. The monoisotopic (exact) mass is 636 g/mol. The molecule has 0 saturated heterocycles. The lowest BCUT2D eigenvalue weighted by atomic mass is 9.65. The van der Waals surface area contributed by atoms with Crippen LogP contribution in [-0.2, 0) is 5.41 Å². The number of ether oxygens (including phenoxy) is 1. The summed E-state index contributed by atoms with van der Waals surface area (Å²) in [6, 6.07) is 37.9. The van der Waals surface area contributed by atoms with Gasteiger partial charge in [-0.25, -0.2) is 0 Å². The lowest BCUT2D eigenvalue weighted by Crippen LogP contribution is -2.32. The van der Waals surface area contributed by atoms with Crippen molar-refractivity contribution in [2.24, 2.45) is 0 Å². The van der Waals surface area contributed by atoms with Crippen LogP contribution in [0.4, 0.5) is 0 Å². The highest BCUT2D eigenvalue weighted by Crippen LogP contribution is 2.63. The van der Waals surface area contributed by atoms with Crippen LogP contribution in [0.1, 0.15) is 72.3 Å². The summed E-state index contributed by atoms with van der Waals surface area (Å²) in [7, 11) is 0. The number of hydrogen-bond acceptors (Lipinski definition) is 1. The van der Waals surface area contributed by atoms with Crippen LogP contribution in [0.25, 0.3) is 32.7 Å². The molecule has 0 fully saturated rings. The normalized spacial score (nSPS) is 15.3. The standard InChI is InChI=1S/C30H26O.C18H18/c1-17-14-25-28(16-18(17)2)31-27-13-9-8-12-24(27)30(25)23-11-7-6-10-22(23)29-21(5)20(4)19(3)15-26(29)30;1-11-10-17-16-8-6-5-7-15(16)9-12(2)18(17)14(4)13(11)3/h6-16H,1-5H3;5-10H,1-4H3. The molecule has 2 aliphatic rings. The van der Waals surface area contributed by atoms with Gasteiger partial charge >= 0.3 is 0 Å². The van der Waals surface area contributed by atoms with Crippen LogP contribution in [0.15, 0.2) is 103 Å². The summed E-state index contributed by atoms with van der Waals surface area (Å²) >= 11 is 0. The van der Waals surface area contributed by atoms with E-state index in [4.69, 9.17) is 4.74 Å². The molecular formula is C48H44O. The number of fused-ring (bicyclic) bond motifs is 12. The Bertz CT molecular complexity index is 2510. The summed E-state index contributed by atoms with van der Waals surface area (Å²) in [5.74, 6) is 1.93. The first-order valence-corrected chi connectivity index (χ1v) is 17.5. The molecule has 1 nitrogen and oxygen atoms in total. The Morgan fingerprint density at radius 2 is 1.02 bits per heavy atom. The van der Waals surface area contributed by atoms with Crippen molar-refractivity contribution in [3.8, 4) is 22.6 Å². The Morgan fingerprint density at radius 3 is 1.82 bits per heavy atom. The summed E-state index contributed by atoms with van der Waals surface area (Å²) < 4.78 is 6.51. The second kappa shape index (κ2) is 11.2. The molecule has 0 N–H and O–H groups in total. The lowest BCUT2D eigenvalue weighted by molar-refractivity contribution is 0.435. The van der Waals surface area contributed by atoms with Gasteiger partial charge in [0.25, 0.3) is 0 Å². The Hall–Kier alpha value is -5.14. The van der Waals surface area contributed by atoms with Crippen molar-refractivity contribution in [2.75, 3.05) is 0 Å². The van der Waals surface area contributed by atoms with Gasteiger partial charge < -0.3 is 4.74 Å². The Kier molecular flexibility index (Phi) is 7.12. The predicted octanol–water partition coefficient (Wildman–Crippen LogP) is 12.9. The van der Waals surface area contributed by atoms with Gasteiger partial charge in [-0.2, -0.15) is 0 Å². The Balaban J connectivity index is 0.000000165.